The second-order valence-electron chi connectivity index (χ2n) is 5.15. The Bertz CT molecular complexity index is 404. The highest BCUT2D eigenvalue weighted by Crippen LogP contribution is 2.19. The Labute approximate surface area is 115 Å². The first kappa shape index (κ1) is 14.1. The second-order valence-corrected chi connectivity index (χ2v) is 5.15. The standard InChI is InChI=1S/C14H24N4O/c1-4-15-13-8-14(17-11(2)16-13)18(3)9-12-6-5-7-19-10-12/h8,12H,4-7,9-10H2,1-3H3,(H,15,16,17). The lowest BCUT2D eigenvalue weighted by molar-refractivity contribution is 0.0576. The summed E-state index contributed by atoms with van der Waals surface area (Å²) in [5.41, 5.74) is 0. The smallest absolute Gasteiger partial charge is 0.134 e. The summed E-state index contributed by atoms with van der Waals surface area (Å²) in [6.07, 6.45) is 2.42. The molecule has 2 rings (SSSR count). The largest absolute Gasteiger partial charge is 0.381 e. The van der Waals surface area contributed by atoms with E-state index in [1.54, 1.807) is 0 Å². The lowest BCUT2D eigenvalue weighted by atomic mass is 10.0. The van der Waals surface area contributed by atoms with Crippen LogP contribution < -0.4 is 10.2 Å². The third-order valence-electron chi connectivity index (χ3n) is 3.36. The van der Waals surface area contributed by atoms with E-state index >= 15 is 0 Å². The lowest BCUT2D eigenvalue weighted by Crippen LogP contribution is -2.31. The van der Waals surface area contributed by atoms with Crippen molar-refractivity contribution in [2.24, 2.45) is 5.92 Å². The van der Waals surface area contributed by atoms with E-state index in [4.69, 9.17) is 4.74 Å². The van der Waals surface area contributed by atoms with Crippen LogP contribution in [-0.2, 0) is 4.74 Å². The lowest BCUT2D eigenvalue weighted by Gasteiger charge is -2.28. The van der Waals surface area contributed by atoms with Crippen molar-refractivity contribution in [1.29, 1.82) is 0 Å². The van der Waals surface area contributed by atoms with Crippen LogP contribution in [0.15, 0.2) is 6.07 Å². The number of hydrogen-bond acceptors (Lipinski definition) is 5. The van der Waals surface area contributed by atoms with Crippen molar-refractivity contribution in [2.75, 3.05) is 43.6 Å². The van der Waals surface area contributed by atoms with Crippen molar-refractivity contribution in [3.05, 3.63) is 11.9 Å². The highest BCUT2D eigenvalue weighted by Gasteiger charge is 2.17. The molecule has 0 spiro atoms. The fraction of sp³-hybridized carbons (Fsp3) is 0.714. The molecule has 1 atom stereocenters. The van der Waals surface area contributed by atoms with Gasteiger partial charge in [0.2, 0.25) is 0 Å². The first-order chi connectivity index (χ1) is 9.19. The van der Waals surface area contributed by atoms with E-state index in [-0.39, 0.29) is 0 Å². The fourth-order valence-corrected chi connectivity index (χ4v) is 2.45. The van der Waals surface area contributed by atoms with Crippen molar-refractivity contribution >= 4 is 11.6 Å². The predicted molar refractivity (Wildman–Crippen MR) is 77.7 cm³/mol. The van der Waals surface area contributed by atoms with Crippen LogP contribution in [0.3, 0.4) is 0 Å². The van der Waals surface area contributed by atoms with Gasteiger partial charge in [-0.1, -0.05) is 0 Å². The Morgan fingerprint density at radius 2 is 2.32 bits per heavy atom. The molecule has 1 aliphatic heterocycles. The third kappa shape index (κ3) is 4.06. The number of nitrogens with zero attached hydrogens (tertiary/aromatic N) is 3. The van der Waals surface area contributed by atoms with Gasteiger partial charge < -0.3 is 15.0 Å². The molecule has 0 bridgehead atoms. The molecule has 0 amide bonds. The number of hydrogen-bond donors (Lipinski definition) is 1. The van der Waals surface area contributed by atoms with Crippen LogP contribution in [0.5, 0.6) is 0 Å². The minimum Gasteiger partial charge on any atom is -0.381 e. The van der Waals surface area contributed by atoms with Gasteiger partial charge in [0.05, 0.1) is 6.61 Å². The van der Waals surface area contributed by atoms with E-state index in [9.17, 15) is 0 Å². The topological polar surface area (TPSA) is 50.3 Å². The number of nitrogens with one attached hydrogen (secondary N) is 1. The van der Waals surface area contributed by atoms with Crippen LogP contribution in [0.25, 0.3) is 0 Å². The fourth-order valence-electron chi connectivity index (χ4n) is 2.45. The average molecular weight is 264 g/mol. The molecule has 19 heavy (non-hydrogen) atoms. The molecule has 1 saturated heterocycles. The van der Waals surface area contributed by atoms with Crippen LogP contribution in [0.4, 0.5) is 11.6 Å². The summed E-state index contributed by atoms with van der Waals surface area (Å²) < 4.78 is 5.53. The molecular formula is C14H24N4O. The Kier molecular flexibility index (Phi) is 4.96. The summed E-state index contributed by atoms with van der Waals surface area (Å²) in [6, 6.07) is 2.01. The number of aryl methyl sites for hydroxylation is 1. The van der Waals surface area contributed by atoms with Crippen LogP contribution in [0.1, 0.15) is 25.6 Å². The van der Waals surface area contributed by atoms with Gasteiger partial charge in [-0.25, -0.2) is 9.97 Å². The average Bonchev–Trinajstić information content (AvgIpc) is 2.39. The zero-order valence-corrected chi connectivity index (χ0v) is 12.1. The number of ether oxygens (including phenoxy) is 1. The van der Waals surface area contributed by atoms with Crippen molar-refractivity contribution in [3.63, 3.8) is 0 Å². The number of rotatable bonds is 5. The van der Waals surface area contributed by atoms with Crippen LogP contribution in [-0.4, -0.2) is 43.3 Å². The van der Waals surface area contributed by atoms with Gasteiger partial charge in [-0.15, -0.1) is 0 Å². The Morgan fingerprint density at radius 3 is 3.00 bits per heavy atom. The van der Waals surface area contributed by atoms with E-state index in [1.165, 1.54) is 12.8 Å². The summed E-state index contributed by atoms with van der Waals surface area (Å²) in [6.45, 7) is 7.64. The molecule has 1 unspecified atom stereocenters. The van der Waals surface area contributed by atoms with E-state index in [2.05, 4.69) is 34.2 Å². The molecular weight excluding hydrogens is 240 g/mol. The third-order valence-corrected chi connectivity index (χ3v) is 3.36. The molecule has 2 heterocycles. The summed E-state index contributed by atoms with van der Waals surface area (Å²) in [4.78, 5) is 11.1. The first-order valence-electron chi connectivity index (χ1n) is 7.07. The maximum absolute atomic E-state index is 5.53. The Hall–Kier alpha value is -1.36. The molecule has 5 nitrogen and oxygen atoms in total. The highest BCUT2D eigenvalue weighted by atomic mass is 16.5. The van der Waals surface area contributed by atoms with Gasteiger partial charge >= 0.3 is 0 Å². The molecule has 5 heteroatoms. The summed E-state index contributed by atoms with van der Waals surface area (Å²) in [5, 5.41) is 3.24. The summed E-state index contributed by atoms with van der Waals surface area (Å²) in [7, 11) is 2.09. The van der Waals surface area contributed by atoms with Gasteiger partial charge in [0.25, 0.3) is 0 Å². The van der Waals surface area contributed by atoms with E-state index in [1.807, 2.05) is 13.0 Å². The minimum atomic E-state index is 0.608. The highest BCUT2D eigenvalue weighted by molar-refractivity contribution is 5.48. The van der Waals surface area contributed by atoms with Gasteiger partial charge in [-0.3, -0.25) is 0 Å². The quantitative estimate of drug-likeness (QED) is 0.882. The van der Waals surface area contributed by atoms with Crippen molar-refractivity contribution in [2.45, 2.75) is 26.7 Å². The van der Waals surface area contributed by atoms with Gasteiger partial charge in [-0.05, 0) is 32.6 Å². The zero-order chi connectivity index (χ0) is 13.7. The molecule has 1 aromatic heterocycles. The van der Waals surface area contributed by atoms with Gasteiger partial charge in [0, 0.05) is 32.8 Å². The van der Waals surface area contributed by atoms with Gasteiger partial charge in [0.15, 0.2) is 0 Å². The Balaban J connectivity index is 2.02. The molecule has 106 valence electrons. The molecule has 1 aromatic rings. The van der Waals surface area contributed by atoms with E-state index < -0.39 is 0 Å². The van der Waals surface area contributed by atoms with Crippen LogP contribution >= 0.6 is 0 Å². The maximum atomic E-state index is 5.53. The number of anilines is 2. The minimum absolute atomic E-state index is 0.608. The monoisotopic (exact) mass is 264 g/mol. The first-order valence-corrected chi connectivity index (χ1v) is 7.07. The predicted octanol–water partition coefficient (Wildman–Crippen LogP) is 2.08. The van der Waals surface area contributed by atoms with Crippen molar-refractivity contribution in [3.8, 4) is 0 Å². The van der Waals surface area contributed by atoms with Crippen LogP contribution in [0, 0.1) is 12.8 Å². The summed E-state index contributed by atoms with van der Waals surface area (Å²) in [5.74, 6) is 3.29. The normalized spacial score (nSPS) is 19.2. The molecule has 1 N–H and O–H groups in total. The molecule has 1 fully saturated rings. The van der Waals surface area contributed by atoms with Crippen molar-refractivity contribution in [1.82, 2.24) is 9.97 Å². The molecule has 0 aromatic carbocycles. The molecule has 0 saturated carbocycles. The zero-order valence-electron chi connectivity index (χ0n) is 12.1. The Morgan fingerprint density at radius 1 is 1.47 bits per heavy atom. The maximum Gasteiger partial charge on any atom is 0.134 e. The number of aromatic nitrogens is 2. The van der Waals surface area contributed by atoms with Crippen molar-refractivity contribution < 1.29 is 4.74 Å². The SMILES string of the molecule is CCNc1cc(N(C)CC2CCCOC2)nc(C)n1. The molecule has 1 aliphatic rings. The van der Waals surface area contributed by atoms with Gasteiger partial charge in [-0.2, -0.15) is 0 Å². The van der Waals surface area contributed by atoms with Crippen LogP contribution in [0.2, 0.25) is 0 Å². The second kappa shape index (κ2) is 6.70. The van der Waals surface area contributed by atoms with E-state index in [0.717, 1.165) is 43.8 Å². The van der Waals surface area contributed by atoms with Gasteiger partial charge in [0.1, 0.15) is 17.5 Å². The molecule has 0 radical (unpaired) electrons. The summed E-state index contributed by atoms with van der Waals surface area (Å²) >= 11 is 0. The molecule has 0 aliphatic carbocycles. The van der Waals surface area contributed by atoms with E-state index in [0.29, 0.717) is 5.92 Å².